The summed E-state index contributed by atoms with van der Waals surface area (Å²) in [7, 11) is -1.58. The van der Waals surface area contributed by atoms with Crippen LogP contribution in [-0.4, -0.2) is 31.7 Å². The van der Waals surface area contributed by atoms with Crippen LogP contribution in [0.25, 0.3) is 51.2 Å². The Morgan fingerprint density at radius 2 is 1.58 bits per heavy atom. The van der Waals surface area contributed by atoms with E-state index in [2.05, 4.69) is 30.4 Å². The Morgan fingerprint density at radius 3 is 2.42 bits per heavy atom. The van der Waals surface area contributed by atoms with Crippen molar-refractivity contribution >= 4 is 46.5 Å². The first-order valence-electron chi connectivity index (χ1n) is 10.9. The second kappa shape index (κ2) is 7.85. The van der Waals surface area contributed by atoms with Crippen LogP contribution in [0.5, 0.6) is 0 Å². The fourth-order valence-corrected chi connectivity index (χ4v) is 4.60. The number of nitrogens with zero attached hydrogens (tertiary/aromatic N) is 3. The zero-order valence-corrected chi connectivity index (χ0v) is 17.8. The predicted molar refractivity (Wildman–Crippen MR) is 134 cm³/mol. The molecule has 0 radical (unpaired) electrons. The number of hydrogen-bond acceptors (Lipinski definition) is 4. The first kappa shape index (κ1) is 19.7. The third kappa shape index (κ3) is 3.19. The van der Waals surface area contributed by atoms with E-state index in [-0.39, 0.29) is 0 Å². The van der Waals surface area contributed by atoms with Gasteiger partial charge in [0.1, 0.15) is 0 Å². The molecule has 0 saturated heterocycles. The minimum absolute atomic E-state index is 0.464. The van der Waals surface area contributed by atoms with Gasteiger partial charge in [0.25, 0.3) is 0 Å². The summed E-state index contributed by atoms with van der Waals surface area (Å²) in [4.78, 5) is 9.98. The Kier molecular flexibility index (Phi) is 4.68. The smallest absolute Gasteiger partial charge is 0.423 e. The lowest BCUT2D eigenvalue weighted by Gasteiger charge is -2.12. The summed E-state index contributed by atoms with van der Waals surface area (Å²) < 4.78 is 2.02. The van der Waals surface area contributed by atoms with Crippen molar-refractivity contribution in [3.63, 3.8) is 0 Å². The fraction of sp³-hybridized carbons (Fsp3) is 0.0370. The van der Waals surface area contributed by atoms with Crippen molar-refractivity contribution in [2.45, 2.75) is 6.42 Å². The molecule has 0 spiro atoms. The molecule has 0 amide bonds. The summed E-state index contributed by atoms with van der Waals surface area (Å²) in [6, 6.07) is 23.7. The standard InChI is InChI=1S/C27H20BN3O2/c32-28(33)21-14-9-17-24-25(21)20-13-5-2-6-16-23(20)31(24)27-29-22-15-8-7-12-19(22)26(30-27)18-10-3-1-4-11-18/h1,3-17,32-33H,2H2. The topological polar surface area (TPSA) is 71.2 Å². The predicted octanol–water partition coefficient (Wildman–Crippen LogP) is 4.35. The molecule has 0 bridgehead atoms. The number of benzene rings is 3. The van der Waals surface area contributed by atoms with Gasteiger partial charge >= 0.3 is 7.12 Å². The molecule has 5 nitrogen and oxygen atoms in total. The third-order valence-corrected chi connectivity index (χ3v) is 6.05. The molecule has 2 N–H and O–H groups in total. The van der Waals surface area contributed by atoms with Crippen molar-refractivity contribution < 1.29 is 10.0 Å². The molecule has 1 aliphatic rings. The van der Waals surface area contributed by atoms with Crippen molar-refractivity contribution in [3.8, 4) is 17.2 Å². The van der Waals surface area contributed by atoms with E-state index in [1.54, 1.807) is 6.07 Å². The Labute approximate surface area is 191 Å². The molecule has 5 aromatic rings. The van der Waals surface area contributed by atoms with Crippen molar-refractivity contribution in [1.29, 1.82) is 0 Å². The maximum atomic E-state index is 10.1. The van der Waals surface area contributed by atoms with E-state index < -0.39 is 7.12 Å². The van der Waals surface area contributed by atoms with Gasteiger partial charge in [0.05, 0.1) is 22.4 Å². The summed E-state index contributed by atoms with van der Waals surface area (Å²) in [5.74, 6) is 0.545. The molecule has 0 unspecified atom stereocenters. The van der Waals surface area contributed by atoms with Crippen LogP contribution in [0, 0.1) is 0 Å². The highest BCUT2D eigenvalue weighted by Crippen LogP contribution is 2.33. The van der Waals surface area contributed by atoms with Crippen LogP contribution in [-0.2, 0) is 0 Å². The maximum Gasteiger partial charge on any atom is 0.489 e. The molecule has 0 saturated carbocycles. The maximum absolute atomic E-state index is 10.1. The molecule has 33 heavy (non-hydrogen) atoms. The van der Waals surface area contributed by atoms with Gasteiger partial charge in [-0.05, 0) is 30.1 Å². The Morgan fingerprint density at radius 1 is 0.788 bits per heavy atom. The van der Waals surface area contributed by atoms with Crippen molar-refractivity contribution in [1.82, 2.24) is 14.5 Å². The van der Waals surface area contributed by atoms with E-state index >= 15 is 0 Å². The molecular weight excluding hydrogens is 409 g/mol. The zero-order valence-electron chi connectivity index (χ0n) is 17.8. The summed E-state index contributed by atoms with van der Waals surface area (Å²) in [6.07, 6.45) is 9.06. The largest absolute Gasteiger partial charge is 0.489 e. The molecular formula is C27H20BN3O2. The van der Waals surface area contributed by atoms with Gasteiger partial charge in [-0.2, -0.15) is 0 Å². The van der Waals surface area contributed by atoms with Crippen molar-refractivity contribution in [2.24, 2.45) is 0 Å². The highest BCUT2D eigenvalue weighted by atomic mass is 16.4. The summed E-state index contributed by atoms with van der Waals surface area (Å²) >= 11 is 0. The molecule has 2 aromatic heterocycles. The SMILES string of the molecule is OB(O)c1cccc2c1c1c(n2-c2nc(-c3ccccc3)c3ccccc3n2)C=CCC=C1. The first-order chi connectivity index (χ1) is 16.2. The van der Waals surface area contributed by atoms with E-state index in [9.17, 15) is 10.0 Å². The number of rotatable bonds is 3. The zero-order chi connectivity index (χ0) is 22.4. The Balaban J connectivity index is 1.74. The van der Waals surface area contributed by atoms with Crippen LogP contribution in [0.3, 0.4) is 0 Å². The second-order valence-corrected chi connectivity index (χ2v) is 8.05. The summed E-state index contributed by atoms with van der Waals surface area (Å²) in [5, 5.41) is 21.9. The van der Waals surface area contributed by atoms with Crippen LogP contribution in [0.1, 0.15) is 17.7 Å². The molecule has 0 fully saturated rings. The highest BCUT2D eigenvalue weighted by Gasteiger charge is 2.24. The lowest BCUT2D eigenvalue weighted by atomic mass is 9.77. The molecule has 158 valence electrons. The van der Waals surface area contributed by atoms with Gasteiger partial charge in [-0.1, -0.05) is 78.9 Å². The highest BCUT2D eigenvalue weighted by molar-refractivity contribution is 6.62. The minimum atomic E-state index is -1.58. The van der Waals surface area contributed by atoms with Crippen LogP contribution in [0.15, 0.2) is 84.9 Å². The van der Waals surface area contributed by atoms with Gasteiger partial charge in [0, 0.05) is 21.9 Å². The Bertz CT molecular complexity index is 1570. The van der Waals surface area contributed by atoms with Gasteiger partial charge in [-0.3, -0.25) is 4.57 Å². The van der Waals surface area contributed by atoms with Gasteiger partial charge in [-0.25, -0.2) is 9.97 Å². The Hall–Kier alpha value is -4.00. The van der Waals surface area contributed by atoms with E-state index in [0.717, 1.165) is 50.7 Å². The number of para-hydroxylation sites is 1. The summed E-state index contributed by atoms with van der Waals surface area (Å²) in [5.41, 5.74) is 5.87. The molecule has 0 aliphatic heterocycles. The molecule has 1 aliphatic carbocycles. The molecule has 6 heteroatoms. The summed E-state index contributed by atoms with van der Waals surface area (Å²) in [6.45, 7) is 0. The molecule has 2 heterocycles. The van der Waals surface area contributed by atoms with E-state index in [1.807, 2.05) is 65.2 Å². The average molecular weight is 429 g/mol. The first-order valence-corrected chi connectivity index (χ1v) is 10.9. The van der Waals surface area contributed by atoms with Gasteiger partial charge in [-0.15, -0.1) is 0 Å². The second-order valence-electron chi connectivity index (χ2n) is 8.05. The van der Waals surface area contributed by atoms with Crippen LogP contribution >= 0.6 is 0 Å². The van der Waals surface area contributed by atoms with Crippen LogP contribution in [0.2, 0.25) is 0 Å². The quantitative estimate of drug-likeness (QED) is 0.419. The van der Waals surface area contributed by atoms with Gasteiger partial charge in [0.15, 0.2) is 0 Å². The van der Waals surface area contributed by atoms with Crippen LogP contribution < -0.4 is 5.46 Å². The molecule has 3 aromatic carbocycles. The van der Waals surface area contributed by atoms with E-state index in [4.69, 9.17) is 9.97 Å². The van der Waals surface area contributed by atoms with Gasteiger partial charge < -0.3 is 10.0 Å². The average Bonchev–Trinajstić information content (AvgIpc) is 2.99. The number of hydrogen-bond donors (Lipinski definition) is 2. The van der Waals surface area contributed by atoms with Crippen molar-refractivity contribution in [2.75, 3.05) is 0 Å². The van der Waals surface area contributed by atoms with Gasteiger partial charge in [0.2, 0.25) is 5.95 Å². The third-order valence-electron chi connectivity index (χ3n) is 6.05. The normalized spacial score (nSPS) is 12.8. The molecule has 6 rings (SSSR count). The van der Waals surface area contributed by atoms with E-state index in [1.165, 1.54) is 0 Å². The minimum Gasteiger partial charge on any atom is -0.423 e. The van der Waals surface area contributed by atoms with Crippen LogP contribution in [0.4, 0.5) is 0 Å². The van der Waals surface area contributed by atoms with E-state index in [0.29, 0.717) is 11.4 Å². The monoisotopic (exact) mass is 429 g/mol. The lowest BCUT2D eigenvalue weighted by Crippen LogP contribution is -2.30. The number of aromatic nitrogens is 3. The lowest BCUT2D eigenvalue weighted by molar-refractivity contribution is 0.426. The number of allylic oxidation sites excluding steroid dienone is 2. The molecule has 0 atom stereocenters. The number of fused-ring (bicyclic) bond motifs is 4. The van der Waals surface area contributed by atoms with Crippen molar-refractivity contribution in [3.05, 3.63) is 96.2 Å². The fourth-order valence-electron chi connectivity index (χ4n) is 4.60.